The monoisotopic (exact) mass is 384 g/mol. The number of hydrogen-bond acceptors (Lipinski definition) is 5. The summed E-state index contributed by atoms with van der Waals surface area (Å²) in [5.41, 5.74) is 2.56. The van der Waals surface area contributed by atoms with Gasteiger partial charge in [0.05, 0.1) is 4.90 Å². The molecule has 0 radical (unpaired) electrons. The number of pyridine rings is 1. The molecule has 1 aromatic carbocycles. The Balaban J connectivity index is 1.93. The Kier molecular flexibility index (Phi) is 5.70. The number of hydrogen-bond donors (Lipinski definition) is 0. The molecule has 7 heteroatoms. The van der Waals surface area contributed by atoms with Gasteiger partial charge in [0.2, 0.25) is 0 Å². The molecule has 2 heterocycles. The SMILES string of the molecule is CCCCCc1ccc(-c2nnc(-c3ncccc3S(C)(=O)=O)n2C)cc1. The van der Waals surface area contributed by atoms with E-state index in [-0.39, 0.29) is 4.90 Å². The standard InChI is InChI=1S/C20H24N4O2S/c1-4-5-6-8-15-10-12-16(13-11-15)19-22-23-20(24(19)2)18-17(27(3,25)26)9-7-14-21-18/h7,9-14H,4-6,8H2,1-3H3. The summed E-state index contributed by atoms with van der Waals surface area (Å²) in [6.45, 7) is 2.20. The van der Waals surface area contributed by atoms with Gasteiger partial charge in [-0.25, -0.2) is 8.42 Å². The fourth-order valence-corrected chi connectivity index (χ4v) is 3.87. The molecule has 142 valence electrons. The smallest absolute Gasteiger partial charge is 0.183 e. The van der Waals surface area contributed by atoms with Crippen LogP contribution in [-0.2, 0) is 23.3 Å². The van der Waals surface area contributed by atoms with Gasteiger partial charge in [-0.15, -0.1) is 10.2 Å². The highest BCUT2D eigenvalue weighted by atomic mass is 32.2. The van der Waals surface area contributed by atoms with Gasteiger partial charge in [0.15, 0.2) is 21.5 Å². The first-order valence-electron chi connectivity index (χ1n) is 9.06. The van der Waals surface area contributed by atoms with Crippen molar-refractivity contribution in [2.75, 3.05) is 6.26 Å². The molecule has 0 atom stereocenters. The lowest BCUT2D eigenvalue weighted by Gasteiger charge is -2.08. The van der Waals surface area contributed by atoms with Gasteiger partial charge in [0.1, 0.15) is 5.69 Å². The van der Waals surface area contributed by atoms with Gasteiger partial charge in [-0.2, -0.15) is 0 Å². The van der Waals surface area contributed by atoms with Gasteiger partial charge in [-0.1, -0.05) is 44.0 Å². The van der Waals surface area contributed by atoms with Crippen molar-refractivity contribution in [3.63, 3.8) is 0 Å². The van der Waals surface area contributed by atoms with Gasteiger partial charge in [-0.3, -0.25) is 4.98 Å². The molecule has 0 amide bonds. The summed E-state index contributed by atoms with van der Waals surface area (Å²) in [5, 5.41) is 8.47. The topological polar surface area (TPSA) is 77.7 Å². The Morgan fingerprint density at radius 3 is 2.37 bits per heavy atom. The van der Waals surface area contributed by atoms with Crippen LogP contribution in [0.25, 0.3) is 22.9 Å². The lowest BCUT2D eigenvalue weighted by atomic mass is 10.1. The molecule has 3 rings (SSSR count). The molecule has 0 saturated carbocycles. The summed E-state index contributed by atoms with van der Waals surface area (Å²) < 4.78 is 25.9. The third kappa shape index (κ3) is 4.24. The van der Waals surface area contributed by atoms with E-state index in [9.17, 15) is 8.42 Å². The number of unbranched alkanes of at least 4 members (excludes halogenated alkanes) is 2. The van der Waals surface area contributed by atoms with Crippen LogP contribution in [0.2, 0.25) is 0 Å². The van der Waals surface area contributed by atoms with E-state index in [1.54, 1.807) is 16.8 Å². The van der Waals surface area contributed by atoms with Crippen molar-refractivity contribution in [3.05, 3.63) is 48.2 Å². The Morgan fingerprint density at radius 1 is 1.00 bits per heavy atom. The normalized spacial score (nSPS) is 11.7. The Morgan fingerprint density at radius 2 is 1.70 bits per heavy atom. The molecule has 3 aromatic rings. The van der Waals surface area contributed by atoms with Crippen LogP contribution in [0.15, 0.2) is 47.5 Å². The number of aryl methyl sites for hydroxylation is 1. The summed E-state index contributed by atoms with van der Waals surface area (Å²) in [6, 6.07) is 11.4. The quantitative estimate of drug-likeness (QED) is 0.581. The molecular weight excluding hydrogens is 360 g/mol. The van der Waals surface area contributed by atoms with E-state index in [1.165, 1.54) is 37.1 Å². The highest BCUT2D eigenvalue weighted by molar-refractivity contribution is 7.90. The molecule has 6 nitrogen and oxygen atoms in total. The van der Waals surface area contributed by atoms with Gasteiger partial charge >= 0.3 is 0 Å². The van der Waals surface area contributed by atoms with Crippen LogP contribution in [-0.4, -0.2) is 34.4 Å². The number of sulfone groups is 1. The van der Waals surface area contributed by atoms with Crippen molar-refractivity contribution in [2.24, 2.45) is 7.05 Å². The zero-order valence-corrected chi connectivity index (χ0v) is 16.7. The molecule has 0 N–H and O–H groups in total. The van der Waals surface area contributed by atoms with Crippen molar-refractivity contribution in [3.8, 4) is 22.9 Å². The van der Waals surface area contributed by atoms with Crippen LogP contribution in [0.5, 0.6) is 0 Å². The number of benzene rings is 1. The molecule has 27 heavy (non-hydrogen) atoms. The first-order valence-corrected chi connectivity index (χ1v) is 10.9. The minimum absolute atomic E-state index is 0.151. The predicted octanol–water partition coefficient (Wildman–Crippen LogP) is 3.68. The van der Waals surface area contributed by atoms with Crippen molar-refractivity contribution >= 4 is 9.84 Å². The van der Waals surface area contributed by atoms with Crippen LogP contribution < -0.4 is 0 Å². The number of rotatable bonds is 7. The molecule has 0 aliphatic rings. The molecule has 0 saturated heterocycles. The van der Waals surface area contributed by atoms with E-state index in [4.69, 9.17) is 0 Å². The maximum Gasteiger partial charge on any atom is 0.183 e. The Bertz CT molecular complexity index is 1020. The van der Waals surface area contributed by atoms with Crippen LogP contribution in [0.4, 0.5) is 0 Å². The molecule has 0 fully saturated rings. The van der Waals surface area contributed by atoms with Crippen molar-refractivity contribution in [1.29, 1.82) is 0 Å². The summed E-state index contributed by atoms with van der Waals surface area (Å²) in [5.74, 6) is 1.10. The van der Waals surface area contributed by atoms with Crippen LogP contribution in [0.1, 0.15) is 31.7 Å². The second-order valence-corrected chi connectivity index (χ2v) is 8.67. The van der Waals surface area contributed by atoms with Gasteiger partial charge in [0.25, 0.3) is 0 Å². The molecular formula is C20H24N4O2S. The van der Waals surface area contributed by atoms with Gasteiger partial charge < -0.3 is 4.57 Å². The van der Waals surface area contributed by atoms with Crippen LogP contribution in [0, 0.1) is 0 Å². The molecule has 0 bridgehead atoms. The van der Waals surface area contributed by atoms with E-state index >= 15 is 0 Å². The van der Waals surface area contributed by atoms with E-state index in [2.05, 4.69) is 34.2 Å². The average molecular weight is 385 g/mol. The molecule has 2 aromatic heterocycles. The molecule has 0 aliphatic heterocycles. The first-order chi connectivity index (χ1) is 12.9. The lowest BCUT2D eigenvalue weighted by Crippen LogP contribution is -2.05. The van der Waals surface area contributed by atoms with Crippen LogP contribution >= 0.6 is 0 Å². The zero-order chi connectivity index (χ0) is 19.4. The highest BCUT2D eigenvalue weighted by Gasteiger charge is 2.21. The summed E-state index contributed by atoms with van der Waals surface area (Å²) in [7, 11) is -1.59. The zero-order valence-electron chi connectivity index (χ0n) is 15.9. The molecule has 0 unspecified atom stereocenters. The molecule has 0 aliphatic carbocycles. The van der Waals surface area contributed by atoms with Gasteiger partial charge in [-0.05, 0) is 30.5 Å². The minimum Gasteiger partial charge on any atom is -0.309 e. The van der Waals surface area contributed by atoms with Crippen LogP contribution in [0.3, 0.4) is 0 Å². The lowest BCUT2D eigenvalue weighted by molar-refractivity contribution is 0.601. The number of aromatic nitrogens is 4. The molecule has 0 spiro atoms. The Labute approximate surface area is 160 Å². The summed E-state index contributed by atoms with van der Waals surface area (Å²) >= 11 is 0. The predicted molar refractivity (Wildman–Crippen MR) is 106 cm³/mol. The van der Waals surface area contributed by atoms with E-state index < -0.39 is 9.84 Å². The fraction of sp³-hybridized carbons (Fsp3) is 0.350. The minimum atomic E-state index is -3.41. The Hall–Kier alpha value is -2.54. The maximum atomic E-state index is 12.1. The van der Waals surface area contributed by atoms with Crippen molar-refractivity contribution in [1.82, 2.24) is 19.7 Å². The second kappa shape index (κ2) is 8.00. The van der Waals surface area contributed by atoms with Gasteiger partial charge in [0, 0.05) is 25.1 Å². The van der Waals surface area contributed by atoms with E-state index in [0.717, 1.165) is 12.0 Å². The summed E-state index contributed by atoms with van der Waals surface area (Å²) in [6.07, 6.45) is 7.44. The second-order valence-electron chi connectivity index (χ2n) is 6.68. The van der Waals surface area contributed by atoms with Crippen molar-refractivity contribution in [2.45, 2.75) is 37.5 Å². The highest BCUT2D eigenvalue weighted by Crippen LogP contribution is 2.27. The van der Waals surface area contributed by atoms with Crippen molar-refractivity contribution < 1.29 is 8.42 Å². The third-order valence-electron chi connectivity index (χ3n) is 4.54. The largest absolute Gasteiger partial charge is 0.309 e. The first kappa shape index (κ1) is 19.2. The average Bonchev–Trinajstić information content (AvgIpc) is 3.03. The van der Waals surface area contributed by atoms with E-state index in [0.29, 0.717) is 17.3 Å². The number of nitrogens with zero attached hydrogens (tertiary/aromatic N) is 4. The maximum absolute atomic E-state index is 12.1. The third-order valence-corrected chi connectivity index (χ3v) is 5.67. The van der Waals surface area contributed by atoms with E-state index in [1.807, 2.05) is 19.2 Å². The fourth-order valence-electron chi connectivity index (χ4n) is 3.04. The summed E-state index contributed by atoms with van der Waals surface area (Å²) in [4.78, 5) is 4.39.